The van der Waals surface area contributed by atoms with Crippen molar-refractivity contribution in [3.8, 4) is 0 Å². The molecule has 1 N–H and O–H groups in total. The Hall–Kier alpha value is -2.70. The van der Waals surface area contributed by atoms with Gasteiger partial charge in [-0.3, -0.25) is 14.9 Å². The van der Waals surface area contributed by atoms with Crippen molar-refractivity contribution in [2.45, 2.75) is 25.7 Å². The number of nitrogens with zero attached hydrogens (tertiary/aromatic N) is 3. The Kier molecular flexibility index (Phi) is 4.10. The number of benzene rings is 1. The lowest BCUT2D eigenvalue weighted by atomic mass is 9.93. The zero-order valence-corrected chi connectivity index (χ0v) is 12.9. The highest BCUT2D eigenvalue weighted by atomic mass is 16.6. The van der Waals surface area contributed by atoms with Crippen molar-refractivity contribution in [1.82, 2.24) is 14.9 Å². The molecule has 0 aliphatic carbocycles. The largest absolute Gasteiger partial charge is 0.348 e. The van der Waals surface area contributed by atoms with Gasteiger partial charge in [0.15, 0.2) is 0 Å². The van der Waals surface area contributed by atoms with E-state index < -0.39 is 4.92 Å². The number of carbonyl (C=O) groups excluding carboxylic acids is 1. The molecule has 1 aliphatic heterocycles. The van der Waals surface area contributed by atoms with Crippen molar-refractivity contribution < 1.29 is 9.72 Å². The van der Waals surface area contributed by atoms with Crippen molar-refractivity contribution >= 4 is 11.6 Å². The number of H-pyrrole nitrogens is 1. The van der Waals surface area contributed by atoms with E-state index in [1.54, 1.807) is 19.3 Å². The maximum absolute atomic E-state index is 12.6. The number of nitro benzene ring substituents is 1. The van der Waals surface area contributed by atoms with Crippen molar-refractivity contribution in [2.75, 3.05) is 13.1 Å². The molecule has 2 heterocycles. The molecule has 120 valence electrons. The van der Waals surface area contributed by atoms with Gasteiger partial charge in [-0.15, -0.1) is 0 Å². The molecule has 2 aromatic rings. The van der Waals surface area contributed by atoms with E-state index in [2.05, 4.69) is 9.97 Å². The Morgan fingerprint density at radius 2 is 2.13 bits per heavy atom. The van der Waals surface area contributed by atoms with E-state index in [1.165, 1.54) is 12.1 Å². The van der Waals surface area contributed by atoms with Gasteiger partial charge in [0.25, 0.3) is 11.6 Å². The predicted octanol–water partition coefficient (Wildman–Crippen LogP) is 2.65. The molecule has 1 saturated heterocycles. The molecular formula is C16H18N4O3. The van der Waals surface area contributed by atoms with Crippen molar-refractivity contribution in [3.05, 3.63) is 57.7 Å². The van der Waals surface area contributed by atoms with Crippen molar-refractivity contribution in [2.24, 2.45) is 0 Å². The zero-order valence-electron chi connectivity index (χ0n) is 12.9. The number of rotatable bonds is 3. The Bertz CT molecular complexity index is 719. The van der Waals surface area contributed by atoms with Crippen LogP contribution in [0.5, 0.6) is 0 Å². The molecular weight excluding hydrogens is 296 g/mol. The Labute approximate surface area is 133 Å². The molecule has 23 heavy (non-hydrogen) atoms. The average Bonchev–Trinajstić information content (AvgIpc) is 3.08. The number of carbonyl (C=O) groups is 1. The molecule has 7 heteroatoms. The van der Waals surface area contributed by atoms with Gasteiger partial charge in [-0.05, 0) is 31.4 Å². The molecule has 0 unspecified atom stereocenters. The summed E-state index contributed by atoms with van der Waals surface area (Å²) in [6.07, 6.45) is 5.29. The van der Waals surface area contributed by atoms with Crippen LogP contribution in [0.3, 0.4) is 0 Å². The lowest BCUT2D eigenvalue weighted by molar-refractivity contribution is -0.384. The first-order valence-corrected chi connectivity index (χ1v) is 7.59. The van der Waals surface area contributed by atoms with Crippen molar-refractivity contribution in [3.63, 3.8) is 0 Å². The number of likely N-dealkylation sites (tertiary alicyclic amines) is 1. The van der Waals surface area contributed by atoms with Crippen LogP contribution in [0.15, 0.2) is 30.7 Å². The van der Waals surface area contributed by atoms with Gasteiger partial charge in [0, 0.05) is 48.6 Å². The second-order valence-corrected chi connectivity index (χ2v) is 5.83. The molecule has 1 amide bonds. The molecule has 1 aromatic carbocycles. The van der Waals surface area contributed by atoms with Gasteiger partial charge in [-0.2, -0.15) is 0 Å². The Morgan fingerprint density at radius 1 is 1.39 bits per heavy atom. The van der Waals surface area contributed by atoms with E-state index in [-0.39, 0.29) is 11.6 Å². The summed E-state index contributed by atoms with van der Waals surface area (Å²) in [6.45, 7) is 3.09. The molecule has 0 radical (unpaired) electrons. The quantitative estimate of drug-likeness (QED) is 0.696. The fourth-order valence-corrected chi connectivity index (χ4v) is 3.06. The molecule has 3 rings (SSSR count). The number of aromatic amines is 1. The Balaban J connectivity index is 1.69. The predicted molar refractivity (Wildman–Crippen MR) is 84.3 cm³/mol. The lowest BCUT2D eigenvalue weighted by Gasteiger charge is -2.31. The van der Waals surface area contributed by atoms with Crippen molar-refractivity contribution in [1.29, 1.82) is 0 Å². The maximum Gasteiger partial charge on any atom is 0.269 e. The van der Waals surface area contributed by atoms with Gasteiger partial charge in [0.2, 0.25) is 0 Å². The average molecular weight is 314 g/mol. The monoisotopic (exact) mass is 314 g/mol. The van der Waals surface area contributed by atoms with E-state index in [9.17, 15) is 14.9 Å². The van der Waals surface area contributed by atoms with Crippen LogP contribution in [0.4, 0.5) is 5.69 Å². The number of nitrogens with one attached hydrogen (secondary N) is 1. The van der Waals surface area contributed by atoms with Crippen LogP contribution in [-0.2, 0) is 0 Å². The lowest BCUT2D eigenvalue weighted by Crippen LogP contribution is -2.38. The van der Waals surface area contributed by atoms with Crippen LogP contribution in [0.2, 0.25) is 0 Å². The van der Waals surface area contributed by atoms with Gasteiger partial charge in [0.1, 0.15) is 0 Å². The van der Waals surface area contributed by atoms with E-state index >= 15 is 0 Å². The van der Waals surface area contributed by atoms with E-state index in [0.717, 1.165) is 18.5 Å². The highest BCUT2D eigenvalue weighted by molar-refractivity contribution is 5.96. The third-order valence-electron chi connectivity index (χ3n) is 4.39. The minimum atomic E-state index is -0.447. The van der Waals surface area contributed by atoms with E-state index in [0.29, 0.717) is 30.1 Å². The highest BCUT2D eigenvalue weighted by Crippen LogP contribution is 2.27. The second-order valence-electron chi connectivity index (χ2n) is 5.83. The fraction of sp³-hybridized carbons (Fsp3) is 0.375. The van der Waals surface area contributed by atoms with Crippen LogP contribution in [0.25, 0.3) is 0 Å². The second kappa shape index (κ2) is 6.20. The van der Waals surface area contributed by atoms with E-state index in [4.69, 9.17) is 0 Å². The first-order valence-electron chi connectivity index (χ1n) is 7.59. The Morgan fingerprint density at radius 3 is 2.70 bits per heavy atom. The molecule has 0 saturated carbocycles. The normalized spacial score (nSPS) is 15.6. The number of aryl methyl sites for hydroxylation is 1. The van der Waals surface area contributed by atoms with Gasteiger partial charge in [0.05, 0.1) is 11.3 Å². The van der Waals surface area contributed by atoms with Crippen LogP contribution < -0.4 is 0 Å². The topological polar surface area (TPSA) is 92.1 Å². The summed E-state index contributed by atoms with van der Waals surface area (Å²) in [5.41, 5.74) is 2.30. The van der Waals surface area contributed by atoms with Crippen LogP contribution in [-0.4, -0.2) is 38.8 Å². The van der Waals surface area contributed by atoms with Gasteiger partial charge < -0.3 is 9.88 Å². The summed E-state index contributed by atoms with van der Waals surface area (Å²) < 4.78 is 0. The summed E-state index contributed by atoms with van der Waals surface area (Å²) in [5, 5.41) is 10.8. The molecule has 1 aliphatic rings. The molecule has 0 atom stereocenters. The van der Waals surface area contributed by atoms with Crippen LogP contribution in [0.1, 0.15) is 40.4 Å². The molecule has 0 spiro atoms. The number of non-ortho nitro benzene ring substituents is 1. The summed E-state index contributed by atoms with van der Waals surface area (Å²) in [7, 11) is 0. The smallest absolute Gasteiger partial charge is 0.269 e. The third-order valence-corrected chi connectivity index (χ3v) is 4.39. The summed E-state index contributed by atoms with van der Waals surface area (Å²) in [6, 6.07) is 4.39. The first kappa shape index (κ1) is 15.2. The third kappa shape index (κ3) is 3.08. The number of piperidine rings is 1. The van der Waals surface area contributed by atoms with E-state index in [1.807, 2.05) is 11.1 Å². The maximum atomic E-state index is 12.6. The number of imidazole rings is 1. The van der Waals surface area contributed by atoms with Gasteiger partial charge in [-0.1, -0.05) is 0 Å². The summed E-state index contributed by atoms with van der Waals surface area (Å²) >= 11 is 0. The molecule has 1 fully saturated rings. The molecule has 7 nitrogen and oxygen atoms in total. The molecule has 1 aromatic heterocycles. The number of nitro groups is 1. The SMILES string of the molecule is Cc1cc([N+](=O)[O-])ccc1C(=O)N1CCC(c2cnc[nH]2)CC1. The molecule has 0 bridgehead atoms. The highest BCUT2D eigenvalue weighted by Gasteiger charge is 2.26. The minimum absolute atomic E-state index is 0.0111. The zero-order chi connectivity index (χ0) is 16.4. The van der Waals surface area contributed by atoms with Gasteiger partial charge in [-0.25, -0.2) is 4.98 Å². The van der Waals surface area contributed by atoms with Crippen LogP contribution in [0, 0.1) is 17.0 Å². The summed E-state index contributed by atoms with van der Waals surface area (Å²) in [5.74, 6) is 0.347. The summed E-state index contributed by atoms with van der Waals surface area (Å²) in [4.78, 5) is 32.0. The minimum Gasteiger partial charge on any atom is -0.348 e. The number of aromatic nitrogens is 2. The number of amides is 1. The number of hydrogen-bond acceptors (Lipinski definition) is 4. The van der Waals surface area contributed by atoms with Gasteiger partial charge >= 0.3 is 0 Å². The van der Waals surface area contributed by atoms with Crippen LogP contribution >= 0.6 is 0 Å². The number of hydrogen-bond donors (Lipinski definition) is 1. The fourth-order valence-electron chi connectivity index (χ4n) is 3.06. The standard InChI is InChI=1S/C16H18N4O3/c1-11-8-13(20(22)23)2-3-14(11)16(21)19-6-4-12(5-7-19)15-9-17-10-18-15/h2-3,8-10,12H,4-7H2,1H3,(H,17,18). The first-order chi connectivity index (χ1) is 11.1.